The van der Waals surface area contributed by atoms with E-state index in [1.54, 1.807) is 17.0 Å². The summed E-state index contributed by atoms with van der Waals surface area (Å²) in [6.07, 6.45) is 1.95. The Bertz CT molecular complexity index is 554. The van der Waals surface area contributed by atoms with E-state index >= 15 is 0 Å². The Balaban J connectivity index is 2.26. The molecule has 2 rings (SSSR count). The molecule has 104 valence electrons. The van der Waals surface area contributed by atoms with Gasteiger partial charge in [0.2, 0.25) is 0 Å². The standard InChI is InChI=1S/C15H18N4O/c1-2-3-11-19(12-7-5-4-6-8-12)15(20)13-9-10-14(16)18-17-13/h4-10H,2-3,11H2,1H3,(H2,16,18). The van der Waals surface area contributed by atoms with Gasteiger partial charge in [-0.3, -0.25) is 4.79 Å². The Morgan fingerprint density at radius 3 is 2.50 bits per heavy atom. The third-order valence-electron chi connectivity index (χ3n) is 2.95. The SMILES string of the molecule is CCCCN(C(=O)c1ccc(N)nn1)c1ccccc1. The molecule has 20 heavy (non-hydrogen) atoms. The molecule has 0 aliphatic heterocycles. The van der Waals surface area contributed by atoms with Crippen LogP contribution < -0.4 is 10.6 Å². The normalized spacial score (nSPS) is 10.2. The van der Waals surface area contributed by atoms with Gasteiger partial charge in [0.15, 0.2) is 5.69 Å². The molecule has 2 aromatic rings. The van der Waals surface area contributed by atoms with Crippen molar-refractivity contribution < 1.29 is 4.79 Å². The minimum absolute atomic E-state index is 0.155. The van der Waals surface area contributed by atoms with Crippen molar-refractivity contribution in [3.05, 3.63) is 48.2 Å². The number of carbonyl (C=O) groups excluding carboxylic acids is 1. The highest BCUT2D eigenvalue weighted by molar-refractivity contribution is 6.04. The molecule has 0 radical (unpaired) electrons. The van der Waals surface area contributed by atoms with Crippen molar-refractivity contribution in [3.63, 3.8) is 0 Å². The molecule has 1 amide bonds. The Morgan fingerprint density at radius 1 is 1.15 bits per heavy atom. The molecule has 2 N–H and O–H groups in total. The number of anilines is 2. The third kappa shape index (κ3) is 3.32. The van der Waals surface area contributed by atoms with Crippen molar-refractivity contribution in [1.29, 1.82) is 0 Å². The predicted molar refractivity (Wildman–Crippen MR) is 79.5 cm³/mol. The monoisotopic (exact) mass is 270 g/mol. The maximum absolute atomic E-state index is 12.5. The van der Waals surface area contributed by atoms with Crippen molar-refractivity contribution in [1.82, 2.24) is 10.2 Å². The van der Waals surface area contributed by atoms with E-state index in [-0.39, 0.29) is 5.91 Å². The molecular weight excluding hydrogens is 252 g/mol. The van der Waals surface area contributed by atoms with Crippen molar-refractivity contribution >= 4 is 17.4 Å². The molecule has 5 heteroatoms. The van der Waals surface area contributed by atoms with Gasteiger partial charge >= 0.3 is 0 Å². The molecule has 0 bridgehead atoms. The zero-order valence-electron chi connectivity index (χ0n) is 11.5. The first-order chi connectivity index (χ1) is 9.72. The number of amides is 1. The summed E-state index contributed by atoms with van der Waals surface area (Å²) in [5.74, 6) is 0.151. The summed E-state index contributed by atoms with van der Waals surface area (Å²) in [6.45, 7) is 2.75. The fraction of sp³-hybridized carbons (Fsp3) is 0.267. The smallest absolute Gasteiger partial charge is 0.278 e. The fourth-order valence-electron chi connectivity index (χ4n) is 1.87. The molecule has 0 fully saturated rings. The van der Waals surface area contributed by atoms with E-state index in [0.717, 1.165) is 18.5 Å². The average Bonchev–Trinajstić information content (AvgIpc) is 2.49. The van der Waals surface area contributed by atoms with Gasteiger partial charge in [-0.2, -0.15) is 0 Å². The summed E-state index contributed by atoms with van der Waals surface area (Å²) in [4.78, 5) is 14.3. The molecule has 0 saturated carbocycles. The van der Waals surface area contributed by atoms with Crippen LogP contribution >= 0.6 is 0 Å². The second-order valence-corrected chi connectivity index (χ2v) is 4.49. The number of nitrogens with zero attached hydrogens (tertiary/aromatic N) is 3. The van der Waals surface area contributed by atoms with Crippen molar-refractivity contribution in [2.24, 2.45) is 0 Å². The summed E-state index contributed by atoms with van der Waals surface area (Å²) >= 11 is 0. The van der Waals surface area contributed by atoms with E-state index in [4.69, 9.17) is 5.73 Å². The molecule has 0 aliphatic carbocycles. The molecule has 0 saturated heterocycles. The lowest BCUT2D eigenvalue weighted by atomic mass is 10.2. The van der Waals surface area contributed by atoms with Crippen molar-refractivity contribution in [2.75, 3.05) is 17.2 Å². The predicted octanol–water partition coefficient (Wildman–Crippen LogP) is 2.51. The maximum Gasteiger partial charge on any atom is 0.278 e. The minimum Gasteiger partial charge on any atom is -0.382 e. The Hall–Kier alpha value is -2.43. The van der Waals surface area contributed by atoms with Gasteiger partial charge in [0.1, 0.15) is 5.82 Å². The van der Waals surface area contributed by atoms with Crippen molar-refractivity contribution in [2.45, 2.75) is 19.8 Å². The quantitative estimate of drug-likeness (QED) is 0.906. The molecule has 0 unspecified atom stereocenters. The van der Waals surface area contributed by atoms with Crippen LogP contribution in [-0.2, 0) is 0 Å². The number of carbonyl (C=O) groups is 1. The van der Waals surface area contributed by atoms with E-state index in [9.17, 15) is 4.79 Å². The van der Waals surface area contributed by atoms with Crippen LogP contribution in [0.4, 0.5) is 11.5 Å². The number of nitrogens with two attached hydrogens (primary N) is 1. The second-order valence-electron chi connectivity index (χ2n) is 4.49. The summed E-state index contributed by atoms with van der Waals surface area (Å²) in [6, 6.07) is 12.8. The molecule has 0 spiro atoms. The zero-order valence-corrected chi connectivity index (χ0v) is 11.5. The minimum atomic E-state index is -0.155. The van der Waals surface area contributed by atoms with Gasteiger partial charge in [0.25, 0.3) is 5.91 Å². The van der Waals surface area contributed by atoms with Gasteiger partial charge in [-0.25, -0.2) is 0 Å². The molecule has 0 atom stereocenters. The molecule has 1 aromatic heterocycles. The van der Waals surface area contributed by atoms with Crippen LogP contribution in [0.15, 0.2) is 42.5 Å². The van der Waals surface area contributed by atoms with Crippen molar-refractivity contribution in [3.8, 4) is 0 Å². The highest BCUT2D eigenvalue weighted by Crippen LogP contribution is 2.17. The van der Waals surface area contributed by atoms with Gasteiger partial charge < -0.3 is 10.6 Å². The van der Waals surface area contributed by atoms with Crippen LogP contribution in [-0.4, -0.2) is 22.6 Å². The van der Waals surface area contributed by atoms with Crippen LogP contribution in [0.2, 0.25) is 0 Å². The summed E-state index contributed by atoms with van der Waals surface area (Å²) in [5, 5.41) is 7.60. The topological polar surface area (TPSA) is 72.1 Å². The number of aromatic nitrogens is 2. The first-order valence-electron chi connectivity index (χ1n) is 6.68. The number of para-hydroxylation sites is 1. The number of hydrogen-bond donors (Lipinski definition) is 1. The molecule has 0 aliphatic rings. The Kier molecular flexibility index (Phi) is 4.65. The number of rotatable bonds is 5. The second kappa shape index (κ2) is 6.65. The lowest BCUT2D eigenvalue weighted by molar-refractivity contribution is 0.0981. The van der Waals surface area contributed by atoms with E-state index in [1.165, 1.54) is 0 Å². The first kappa shape index (κ1) is 14.0. The molecule has 5 nitrogen and oxygen atoms in total. The Morgan fingerprint density at radius 2 is 1.90 bits per heavy atom. The number of hydrogen-bond acceptors (Lipinski definition) is 4. The first-order valence-corrected chi connectivity index (χ1v) is 6.68. The maximum atomic E-state index is 12.5. The Labute approximate surface area is 118 Å². The van der Waals surface area contributed by atoms with Crippen LogP contribution in [0.3, 0.4) is 0 Å². The van der Waals surface area contributed by atoms with Gasteiger partial charge in [-0.1, -0.05) is 31.5 Å². The number of benzene rings is 1. The number of unbranched alkanes of at least 4 members (excludes halogenated alkanes) is 1. The van der Waals surface area contributed by atoms with Gasteiger partial charge in [-0.05, 0) is 30.7 Å². The molecular formula is C15H18N4O. The fourth-order valence-corrected chi connectivity index (χ4v) is 1.87. The van der Waals surface area contributed by atoms with Crippen LogP contribution in [0.5, 0.6) is 0 Å². The largest absolute Gasteiger partial charge is 0.382 e. The van der Waals surface area contributed by atoms with Gasteiger partial charge in [0.05, 0.1) is 0 Å². The van der Waals surface area contributed by atoms with E-state index in [1.807, 2.05) is 30.3 Å². The van der Waals surface area contributed by atoms with Gasteiger partial charge in [0, 0.05) is 12.2 Å². The van der Waals surface area contributed by atoms with Gasteiger partial charge in [-0.15, -0.1) is 10.2 Å². The molecule has 1 aromatic carbocycles. The third-order valence-corrected chi connectivity index (χ3v) is 2.95. The number of nitrogen functional groups attached to an aromatic ring is 1. The van der Waals surface area contributed by atoms with Crippen LogP contribution in [0, 0.1) is 0 Å². The van der Waals surface area contributed by atoms with E-state index < -0.39 is 0 Å². The summed E-state index contributed by atoms with van der Waals surface area (Å²) < 4.78 is 0. The molecule has 1 heterocycles. The van der Waals surface area contributed by atoms with Crippen LogP contribution in [0.1, 0.15) is 30.3 Å². The van der Waals surface area contributed by atoms with E-state index in [2.05, 4.69) is 17.1 Å². The van der Waals surface area contributed by atoms with Crippen LogP contribution in [0.25, 0.3) is 0 Å². The lowest BCUT2D eigenvalue weighted by Crippen LogP contribution is -2.32. The lowest BCUT2D eigenvalue weighted by Gasteiger charge is -2.22. The van der Waals surface area contributed by atoms with E-state index in [0.29, 0.717) is 18.1 Å². The highest BCUT2D eigenvalue weighted by Gasteiger charge is 2.18. The summed E-state index contributed by atoms with van der Waals surface area (Å²) in [5.41, 5.74) is 6.67. The average molecular weight is 270 g/mol. The summed E-state index contributed by atoms with van der Waals surface area (Å²) in [7, 11) is 0. The zero-order chi connectivity index (χ0) is 14.4. The highest BCUT2D eigenvalue weighted by atomic mass is 16.2.